The summed E-state index contributed by atoms with van der Waals surface area (Å²) < 4.78 is 0. The number of allylic oxidation sites excluding steroid dienone is 3. The van der Waals surface area contributed by atoms with Crippen LogP contribution in [0.2, 0.25) is 0 Å². The molecule has 0 bridgehead atoms. The average molecular weight is 339 g/mol. The van der Waals surface area contributed by atoms with Crippen LogP contribution in [0.15, 0.2) is 23.8 Å². The van der Waals surface area contributed by atoms with Gasteiger partial charge in [0.1, 0.15) is 0 Å². The monoisotopic (exact) mass is 338 g/mol. The van der Waals surface area contributed by atoms with Gasteiger partial charge in [0.15, 0.2) is 0 Å². The molecular formula is C25H38. The second kappa shape index (κ2) is 5.26. The van der Waals surface area contributed by atoms with Crippen LogP contribution in [0.4, 0.5) is 0 Å². The van der Waals surface area contributed by atoms with Crippen LogP contribution >= 0.6 is 0 Å². The van der Waals surface area contributed by atoms with E-state index in [9.17, 15) is 0 Å². The third-order valence-electron chi connectivity index (χ3n) is 9.84. The molecule has 0 heterocycles. The SMILES string of the molecule is C=C1C=C2C3(CCCC3)CC[C@H](C3CCCCC3)[C@@]2(C)[C@H]2[C@@H]1C2(C)C. The van der Waals surface area contributed by atoms with Gasteiger partial charge in [-0.1, -0.05) is 89.5 Å². The van der Waals surface area contributed by atoms with Gasteiger partial charge in [0.2, 0.25) is 0 Å². The van der Waals surface area contributed by atoms with Crippen LogP contribution in [0.5, 0.6) is 0 Å². The molecule has 4 fully saturated rings. The summed E-state index contributed by atoms with van der Waals surface area (Å²) in [4.78, 5) is 0. The summed E-state index contributed by atoms with van der Waals surface area (Å²) in [6, 6.07) is 0. The van der Waals surface area contributed by atoms with Crippen LogP contribution in [0.3, 0.4) is 0 Å². The third kappa shape index (κ3) is 2.06. The summed E-state index contributed by atoms with van der Waals surface area (Å²) in [6.07, 6.45) is 19.0. The minimum absolute atomic E-state index is 0.472. The molecule has 0 aromatic carbocycles. The number of fused-ring (bicyclic) bond motifs is 4. The zero-order valence-electron chi connectivity index (χ0n) is 16.9. The van der Waals surface area contributed by atoms with E-state index >= 15 is 0 Å². The van der Waals surface area contributed by atoms with Crippen molar-refractivity contribution in [3.8, 4) is 0 Å². The maximum Gasteiger partial charge on any atom is -0.00372 e. The zero-order chi connectivity index (χ0) is 17.4. The van der Waals surface area contributed by atoms with Crippen molar-refractivity contribution in [1.29, 1.82) is 0 Å². The van der Waals surface area contributed by atoms with Gasteiger partial charge >= 0.3 is 0 Å². The molecule has 5 aliphatic carbocycles. The Morgan fingerprint density at radius 2 is 1.56 bits per heavy atom. The maximum absolute atomic E-state index is 4.57. The molecule has 0 saturated heterocycles. The van der Waals surface area contributed by atoms with Gasteiger partial charge in [0, 0.05) is 0 Å². The summed E-state index contributed by atoms with van der Waals surface area (Å²) in [5, 5.41) is 0. The Balaban J connectivity index is 1.61. The maximum atomic E-state index is 4.57. The Morgan fingerprint density at radius 3 is 2.24 bits per heavy atom. The minimum atomic E-state index is 0.472. The highest BCUT2D eigenvalue weighted by Gasteiger charge is 2.72. The van der Waals surface area contributed by atoms with E-state index in [4.69, 9.17) is 0 Å². The first kappa shape index (κ1) is 16.6. The quantitative estimate of drug-likeness (QED) is 0.470. The van der Waals surface area contributed by atoms with Crippen molar-refractivity contribution in [2.24, 2.45) is 39.9 Å². The Labute approximate surface area is 155 Å². The Hall–Kier alpha value is -0.520. The molecule has 5 aliphatic rings. The molecule has 5 rings (SSSR count). The van der Waals surface area contributed by atoms with E-state index in [2.05, 4.69) is 33.4 Å². The molecule has 0 nitrogen and oxygen atoms in total. The van der Waals surface area contributed by atoms with Gasteiger partial charge in [0.25, 0.3) is 0 Å². The summed E-state index contributed by atoms with van der Waals surface area (Å²) in [6.45, 7) is 12.4. The fraction of sp³-hybridized carbons (Fsp3) is 0.840. The van der Waals surface area contributed by atoms with Crippen LogP contribution in [0, 0.1) is 39.9 Å². The van der Waals surface area contributed by atoms with Crippen LogP contribution < -0.4 is 0 Å². The lowest BCUT2D eigenvalue weighted by atomic mass is 9.47. The fourth-order valence-electron chi connectivity index (χ4n) is 8.90. The largest absolute Gasteiger partial charge is 0.0955 e. The molecule has 138 valence electrons. The summed E-state index contributed by atoms with van der Waals surface area (Å²) in [5.74, 6) is 3.60. The highest BCUT2D eigenvalue weighted by molar-refractivity contribution is 5.47. The zero-order valence-corrected chi connectivity index (χ0v) is 16.9. The van der Waals surface area contributed by atoms with Gasteiger partial charge in [-0.2, -0.15) is 0 Å². The van der Waals surface area contributed by atoms with Crippen molar-refractivity contribution >= 4 is 0 Å². The first-order valence-electron chi connectivity index (χ1n) is 11.3. The van der Waals surface area contributed by atoms with E-state index in [0.29, 0.717) is 16.2 Å². The second-order valence-electron chi connectivity index (χ2n) is 11.2. The number of hydrogen-bond donors (Lipinski definition) is 0. The Kier molecular flexibility index (Phi) is 3.50. The second-order valence-corrected chi connectivity index (χ2v) is 11.2. The van der Waals surface area contributed by atoms with Gasteiger partial charge in [-0.05, 0) is 65.6 Å². The van der Waals surface area contributed by atoms with Crippen molar-refractivity contribution in [1.82, 2.24) is 0 Å². The van der Waals surface area contributed by atoms with E-state index < -0.39 is 0 Å². The molecule has 0 aromatic rings. The van der Waals surface area contributed by atoms with Gasteiger partial charge < -0.3 is 0 Å². The predicted octanol–water partition coefficient (Wildman–Crippen LogP) is 7.31. The smallest absolute Gasteiger partial charge is 0.00372 e. The van der Waals surface area contributed by atoms with E-state index in [1.54, 1.807) is 0 Å². The molecule has 0 radical (unpaired) electrons. The molecule has 0 heteroatoms. The molecule has 25 heavy (non-hydrogen) atoms. The number of rotatable bonds is 1. The van der Waals surface area contributed by atoms with Crippen LogP contribution in [0.1, 0.15) is 91.4 Å². The van der Waals surface area contributed by atoms with E-state index in [0.717, 1.165) is 23.7 Å². The van der Waals surface area contributed by atoms with Gasteiger partial charge in [0.05, 0.1) is 0 Å². The highest BCUT2D eigenvalue weighted by atomic mass is 14.8. The van der Waals surface area contributed by atoms with E-state index in [-0.39, 0.29) is 0 Å². The minimum Gasteiger partial charge on any atom is -0.0955 e. The summed E-state index contributed by atoms with van der Waals surface area (Å²) in [5.41, 5.74) is 4.90. The third-order valence-corrected chi connectivity index (χ3v) is 9.84. The van der Waals surface area contributed by atoms with Crippen LogP contribution in [-0.2, 0) is 0 Å². The van der Waals surface area contributed by atoms with Crippen molar-refractivity contribution in [2.75, 3.05) is 0 Å². The van der Waals surface area contributed by atoms with Gasteiger partial charge in [-0.15, -0.1) is 0 Å². The van der Waals surface area contributed by atoms with E-state index in [1.807, 2.05) is 5.57 Å². The molecule has 0 N–H and O–H groups in total. The number of hydrogen-bond acceptors (Lipinski definition) is 0. The fourth-order valence-corrected chi connectivity index (χ4v) is 8.90. The molecule has 4 saturated carbocycles. The molecule has 4 atom stereocenters. The van der Waals surface area contributed by atoms with Crippen molar-refractivity contribution in [3.05, 3.63) is 23.8 Å². The highest BCUT2D eigenvalue weighted by Crippen LogP contribution is 2.79. The van der Waals surface area contributed by atoms with Crippen LogP contribution in [-0.4, -0.2) is 0 Å². The lowest BCUT2D eigenvalue weighted by Crippen LogP contribution is -2.49. The lowest BCUT2D eigenvalue weighted by Gasteiger charge is -2.57. The summed E-state index contributed by atoms with van der Waals surface area (Å²) in [7, 11) is 0. The van der Waals surface area contributed by atoms with Crippen molar-refractivity contribution in [2.45, 2.75) is 91.4 Å². The Bertz CT molecular complexity index is 608. The normalized spacial score (nSPS) is 45.0. The van der Waals surface area contributed by atoms with Gasteiger partial charge in [-0.3, -0.25) is 0 Å². The molecular weight excluding hydrogens is 300 g/mol. The van der Waals surface area contributed by atoms with Crippen LogP contribution in [0.25, 0.3) is 0 Å². The van der Waals surface area contributed by atoms with Gasteiger partial charge in [-0.25, -0.2) is 0 Å². The first-order valence-corrected chi connectivity index (χ1v) is 11.3. The first-order chi connectivity index (χ1) is 11.9. The molecule has 0 aliphatic heterocycles. The van der Waals surface area contributed by atoms with E-state index in [1.165, 1.54) is 76.2 Å². The van der Waals surface area contributed by atoms with Crippen molar-refractivity contribution in [3.63, 3.8) is 0 Å². The van der Waals surface area contributed by atoms with Crippen molar-refractivity contribution < 1.29 is 0 Å². The standard InChI is InChI=1S/C25H38/c1-17-16-20-24(4,22-21(17)23(22,2)3)19(18-10-6-5-7-11-18)12-15-25(20)13-8-9-14-25/h16,18-19,21-22H,1,5-15H2,2-4H3/t19-,21-,22+,24-/m1/s1. The molecule has 1 spiro atoms. The average Bonchev–Trinajstić information content (AvgIpc) is 2.95. The molecule has 0 unspecified atom stereocenters. The lowest BCUT2D eigenvalue weighted by molar-refractivity contribution is 0.0138. The topological polar surface area (TPSA) is 0 Å². The predicted molar refractivity (Wildman–Crippen MR) is 106 cm³/mol. The Morgan fingerprint density at radius 1 is 0.880 bits per heavy atom. The molecule has 0 amide bonds. The summed E-state index contributed by atoms with van der Waals surface area (Å²) >= 11 is 0. The molecule has 0 aromatic heterocycles.